The maximum atomic E-state index is 12.8. The molecule has 0 spiro atoms. The first kappa shape index (κ1) is 19.3. The van der Waals surface area contributed by atoms with Crippen molar-refractivity contribution in [2.75, 3.05) is 25.0 Å². The van der Waals surface area contributed by atoms with E-state index in [2.05, 4.69) is 25.7 Å². The molecule has 3 rings (SSSR count). The summed E-state index contributed by atoms with van der Waals surface area (Å²) >= 11 is 0. The van der Waals surface area contributed by atoms with Gasteiger partial charge in [0, 0.05) is 24.8 Å². The van der Waals surface area contributed by atoms with E-state index in [1.54, 1.807) is 10.7 Å². The van der Waals surface area contributed by atoms with E-state index in [1.165, 1.54) is 30.6 Å². The highest BCUT2D eigenvalue weighted by Crippen LogP contribution is 2.12. The number of benzene rings is 1. The van der Waals surface area contributed by atoms with Gasteiger partial charge in [-0.3, -0.25) is 4.79 Å². The number of aromatic nitrogens is 4. The molecule has 0 atom stereocenters. The van der Waals surface area contributed by atoms with Gasteiger partial charge in [0.1, 0.15) is 23.7 Å². The number of carbonyl (C=O) groups is 1. The van der Waals surface area contributed by atoms with Gasteiger partial charge in [-0.15, -0.1) is 0 Å². The van der Waals surface area contributed by atoms with E-state index in [0.29, 0.717) is 30.5 Å². The van der Waals surface area contributed by atoms with Crippen LogP contribution in [0.25, 0.3) is 5.82 Å². The molecule has 2 N–H and O–H groups in total. The second kappa shape index (κ2) is 8.94. The van der Waals surface area contributed by atoms with Crippen LogP contribution in [0.15, 0.2) is 42.7 Å². The highest BCUT2D eigenvalue weighted by atomic mass is 19.1. The highest BCUT2D eigenvalue weighted by molar-refractivity contribution is 5.77. The lowest BCUT2D eigenvalue weighted by atomic mass is 10.3. The zero-order valence-electron chi connectivity index (χ0n) is 15.6. The summed E-state index contributed by atoms with van der Waals surface area (Å²) in [6.07, 6.45) is 1.46. The summed E-state index contributed by atoms with van der Waals surface area (Å²) < 4.78 is 19.9. The van der Waals surface area contributed by atoms with Gasteiger partial charge in [-0.05, 0) is 44.2 Å². The predicted octanol–water partition coefficient (Wildman–Crippen LogP) is 2.03. The molecule has 9 heteroatoms. The van der Waals surface area contributed by atoms with E-state index in [1.807, 2.05) is 19.9 Å². The molecule has 2 heterocycles. The van der Waals surface area contributed by atoms with Gasteiger partial charge in [-0.1, -0.05) is 0 Å². The zero-order chi connectivity index (χ0) is 19.9. The Balaban J connectivity index is 1.42. The molecule has 0 aliphatic heterocycles. The molecule has 0 aliphatic rings. The van der Waals surface area contributed by atoms with Gasteiger partial charge in [0.15, 0.2) is 12.4 Å². The van der Waals surface area contributed by atoms with E-state index in [0.717, 1.165) is 11.4 Å². The van der Waals surface area contributed by atoms with Crippen LogP contribution in [0.3, 0.4) is 0 Å². The quantitative estimate of drug-likeness (QED) is 0.577. The largest absolute Gasteiger partial charge is 0.484 e. The average molecular weight is 384 g/mol. The molecule has 8 nitrogen and oxygen atoms in total. The monoisotopic (exact) mass is 384 g/mol. The van der Waals surface area contributed by atoms with Crippen LogP contribution in [0.1, 0.15) is 11.4 Å². The Bertz CT molecular complexity index is 942. The minimum absolute atomic E-state index is 0.138. The molecule has 0 saturated heterocycles. The second-order valence-corrected chi connectivity index (χ2v) is 6.12. The molecule has 1 amide bonds. The molecule has 146 valence electrons. The topological polar surface area (TPSA) is 94.0 Å². The van der Waals surface area contributed by atoms with Crippen LogP contribution < -0.4 is 15.4 Å². The van der Waals surface area contributed by atoms with Crippen LogP contribution in [0, 0.1) is 19.7 Å². The summed E-state index contributed by atoms with van der Waals surface area (Å²) in [5.74, 6) is 1.12. The van der Waals surface area contributed by atoms with Gasteiger partial charge in [0.05, 0.1) is 5.69 Å². The molecule has 3 aromatic rings. The van der Waals surface area contributed by atoms with Gasteiger partial charge in [0.25, 0.3) is 5.91 Å². The Kier molecular flexibility index (Phi) is 6.15. The number of amides is 1. The van der Waals surface area contributed by atoms with Crippen LogP contribution in [0.5, 0.6) is 5.75 Å². The summed E-state index contributed by atoms with van der Waals surface area (Å²) in [5, 5.41) is 10.3. The second-order valence-electron chi connectivity index (χ2n) is 6.12. The van der Waals surface area contributed by atoms with Crippen molar-refractivity contribution >= 4 is 11.7 Å². The number of nitrogens with one attached hydrogen (secondary N) is 2. The zero-order valence-corrected chi connectivity index (χ0v) is 15.6. The van der Waals surface area contributed by atoms with E-state index in [-0.39, 0.29) is 18.3 Å². The lowest BCUT2D eigenvalue weighted by Crippen LogP contribution is -2.32. The van der Waals surface area contributed by atoms with Crippen molar-refractivity contribution in [1.82, 2.24) is 25.1 Å². The predicted molar refractivity (Wildman–Crippen MR) is 102 cm³/mol. The maximum absolute atomic E-state index is 12.8. The molecule has 0 radical (unpaired) electrons. The highest BCUT2D eigenvalue weighted by Gasteiger charge is 2.07. The molecular weight excluding hydrogens is 363 g/mol. The standard InChI is InChI=1S/C19H21FN6O2/c1-13-9-14(2)26(25-13)18-10-17(23-12-24-18)21-7-8-22-19(27)11-28-16-5-3-15(20)4-6-16/h3-6,9-10,12H,7-8,11H2,1-2H3,(H,22,27)(H,21,23,24). The number of nitrogens with zero attached hydrogens (tertiary/aromatic N) is 4. The SMILES string of the molecule is Cc1cc(C)n(-c2cc(NCCNC(=O)COc3ccc(F)cc3)ncn2)n1. The number of ether oxygens (including phenoxy) is 1. The average Bonchev–Trinajstić information content (AvgIpc) is 3.03. The summed E-state index contributed by atoms with van der Waals surface area (Å²) in [7, 11) is 0. The van der Waals surface area contributed by atoms with Crippen LogP contribution in [-0.2, 0) is 4.79 Å². The van der Waals surface area contributed by atoms with Gasteiger partial charge < -0.3 is 15.4 Å². The fourth-order valence-corrected chi connectivity index (χ4v) is 2.54. The molecule has 0 bridgehead atoms. The Morgan fingerprint density at radius 3 is 2.64 bits per heavy atom. The lowest BCUT2D eigenvalue weighted by molar-refractivity contribution is -0.123. The minimum Gasteiger partial charge on any atom is -0.484 e. The summed E-state index contributed by atoms with van der Waals surface area (Å²) in [6, 6.07) is 9.26. The normalized spacial score (nSPS) is 10.5. The first-order chi connectivity index (χ1) is 13.5. The first-order valence-electron chi connectivity index (χ1n) is 8.76. The Labute approximate surface area is 161 Å². The number of hydrogen-bond acceptors (Lipinski definition) is 6. The van der Waals surface area contributed by atoms with Crippen molar-refractivity contribution in [2.45, 2.75) is 13.8 Å². The van der Waals surface area contributed by atoms with Gasteiger partial charge in [0.2, 0.25) is 0 Å². The van der Waals surface area contributed by atoms with Crippen molar-refractivity contribution in [3.63, 3.8) is 0 Å². The molecule has 0 fully saturated rings. The number of anilines is 1. The third-order valence-corrected chi connectivity index (χ3v) is 3.82. The molecule has 0 saturated carbocycles. The van der Waals surface area contributed by atoms with E-state index >= 15 is 0 Å². The summed E-state index contributed by atoms with van der Waals surface area (Å²) in [6.45, 7) is 4.62. The molecule has 28 heavy (non-hydrogen) atoms. The van der Waals surface area contributed by atoms with Crippen LogP contribution in [-0.4, -0.2) is 45.4 Å². The number of aryl methyl sites for hydroxylation is 2. The van der Waals surface area contributed by atoms with Crippen LogP contribution in [0.4, 0.5) is 10.2 Å². The minimum atomic E-state index is -0.353. The number of rotatable bonds is 8. The molecule has 0 unspecified atom stereocenters. The number of hydrogen-bond donors (Lipinski definition) is 2. The lowest BCUT2D eigenvalue weighted by Gasteiger charge is -2.09. The van der Waals surface area contributed by atoms with Crippen LogP contribution in [0.2, 0.25) is 0 Å². The van der Waals surface area contributed by atoms with E-state index in [4.69, 9.17) is 4.74 Å². The summed E-state index contributed by atoms with van der Waals surface area (Å²) in [5.41, 5.74) is 1.90. The van der Waals surface area contributed by atoms with Crippen molar-refractivity contribution in [1.29, 1.82) is 0 Å². The Morgan fingerprint density at radius 1 is 1.14 bits per heavy atom. The molecule has 2 aromatic heterocycles. The number of carbonyl (C=O) groups excluding carboxylic acids is 1. The van der Waals surface area contributed by atoms with Gasteiger partial charge in [-0.25, -0.2) is 19.0 Å². The third-order valence-electron chi connectivity index (χ3n) is 3.82. The first-order valence-corrected chi connectivity index (χ1v) is 8.76. The summed E-state index contributed by atoms with van der Waals surface area (Å²) in [4.78, 5) is 20.2. The van der Waals surface area contributed by atoms with Gasteiger partial charge in [-0.2, -0.15) is 5.10 Å². The third kappa shape index (κ3) is 5.26. The van der Waals surface area contributed by atoms with Crippen molar-refractivity contribution in [2.24, 2.45) is 0 Å². The van der Waals surface area contributed by atoms with Crippen LogP contribution >= 0.6 is 0 Å². The fourth-order valence-electron chi connectivity index (χ4n) is 2.54. The van der Waals surface area contributed by atoms with Crippen molar-refractivity contribution in [3.8, 4) is 11.6 Å². The smallest absolute Gasteiger partial charge is 0.258 e. The Morgan fingerprint density at radius 2 is 1.93 bits per heavy atom. The van der Waals surface area contributed by atoms with E-state index < -0.39 is 0 Å². The van der Waals surface area contributed by atoms with Crippen molar-refractivity contribution < 1.29 is 13.9 Å². The Hall–Kier alpha value is -3.49. The van der Waals surface area contributed by atoms with Gasteiger partial charge >= 0.3 is 0 Å². The molecule has 1 aromatic carbocycles. The van der Waals surface area contributed by atoms with Crippen molar-refractivity contribution in [3.05, 3.63) is 59.9 Å². The maximum Gasteiger partial charge on any atom is 0.258 e. The molecular formula is C19H21FN6O2. The number of halogens is 1. The fraction of sp³-hybridized carbons (Fsp3) is 0.263. The molecule has 0 aliphatic carbocycles. The van der Waals surface area contributed by atoms with E-state index in [9.17, 15) is 9.18 Å².